The van der Waals surface area contributed by atoms with Crippen LogP contribution in [0, 0.1) is 16.7 Å². The molecule has 0 spiro atoms. The van der Waals surface area contributed by atoms with Crippen molar-refractivity contribution >= 4 is 57.2 Å². The van der Waals surface area contributed by atoms with Gasteiger partial charge in [-0.25, -0.2) is 4.98 Å². The lowest BCUT2D eigenvalue weighted by molar-refractivity contribution is -0.158. The first-order valence-corrected chi connectivity index (χ1v) is 14.9. The third-order valence-electron chi connectivity index (χ3n) is 7.37. The van der Waals surface area contributed by atoms with Crippen LogP contribution in [-0.2, 0) is 9.59 Å². The van der Waals surface area contributed by atoms with Crippen LogP contribution >= 0.6 is 23.5 Å². The van der Waals surface area contributed by atoms with Gasteiger partial charge in [-0.3, -0.25) is 19.2 Å². The number of ether oxygens (including phenoxy) is 1. The number of rotatable bonds is 6. The summed E-state index contributed by atoms with van der Waals surface area (Å²) in [6.07, 6.45) is 1.35. The molecule has 0 radical (unpaired) electrons. The van der Waals surface area contributed by atoms with Crippen LogP contribution in [0.3, 0.4) is 0 Å². The Morgan fingerprint density at radius 1 is 1.00 bits per heavy atom. The number of methoxy groups -OCH3 is 1. The van der Waals surface area contributed by atoms with Crippen LogP contribution in [-0.4, -0.2) is 61.5 Å². The maximum atomic E-state index is 14.4. The normalized spacial score (nSPS) is 24.6. The number of thioether (sulfide) groups is 2. The molecule has 2 saturated heterocycles. The molecule has 0 aliphatic carbocycles. The van der Waals surface area contributed by atoms with E-state index in [2.05, 4.69) is 21.7 Å². The van der Waals surface area contributed by atoms with Gasteiger partial charge in [0.05, 0.1) is 24.6 Å². The second-order valence-electron chi connectivity index (χ2n) is 10.3. The van der Waals surface area contributed by atoms with Gasteiger partial charge >= 0.3 is 0 Å². The summed E-state index contributed by atoms with van der Waals surface area (Å²) in [6.45, 7) is 1.66. The minimum Gasteiger partial charge on any atom is -0.481 e. The molecule has 2 aliphatic heterocycles. The fourth-order valence-electron chi connectivity index (χ4n) is 5.46. The number of anilines is 2. The smallest absolute Gasteiger partial charge is 0.286 e. The number of carbonyl (C=O) groups is 4. The van der Waals surface area contributed by atoms with Gasteiger partial charge in [0.15, 0.2) is 10.2 Å². The summed E-state index contributed by atoms with van der Waals surface area (Å²) in [5.41, 5.74) is 0.224. The molecule has 3 heterocycles. The number of hydrogen-bond donors (Lipinski definition) is 2. The predicted molar refractivity (Wildman–Crippen MR) is 164 cm³/mol. The molecule has 11 nitrogen and oxygen atoms in total. The monoisotopic (exact) mass is 616 g/mol. The Bertz CT molecular complexity index is 1590. The van der Waals surface area contributed by atoms with Crippen LogP contribution in [0.15, 0.2) is 79.0 Å². The lowest BCUT2D eigenvalue weighted by Gasteiger charge is -2.48. The van der Waals surface area contributed by atoms with Crippen molar-refractivity contribution in [3.05, 3.63) is 84.6 Å². The minimum absolute atomic E-state index is 0.136. The Morgan fingerprint density at radius 2 is 1.60 bits per heavy atom. The van der Waals surface area contributed by atoms with Crippen LogP contribution < -0.4 is 15.4 Å². The molecule has 0 bridgehead atoms. The van der Waals surface area contributed by atoms with Crippen LogP contribution in [0.25, 0.3) is 0 Å². The van der Waals surface area contributed by atoms with Crippen molar-refractivity contribution in [3.8, 4) is 11.9 Å². The summed E-state index contributed by atoms with van der Waals surface area (Å²) in [4.78, 5) is 60.2. The first-order valence-electron chi connectivity index (χ1n) is 13.2. The number of nitrogens with zero attached hydrogens (tertiary/aromatic N) is 4. The number of piperazine rings is 1. The molecule has 2 N–H and O–H groups in total. The molecule has 220 valence electrons. The van der Waals surface area contributed by atoms with Crippen molar-refractivity contribution < 1.29 is 23.9 Å². The van der Waals surface area contributed by atoms with Gasteiger partial charge in [-0.05, 0) is 66.3 Å². The number of pyridine rings is 1. The minimum atomic E-state index is -1.77. The highest BCUT2D eigenvalue weighted by Gasteiger charge is 2.69. The van der Waals surface area contributed by atoms with Gasteiger partial charge in [0.1, 0.15) is 0 Å². The van der Waals surface area contributed by atoms with E-state index in [1.807, 2.05) is 0 Å². The predicted octanol–water partition coefficient (Wildman–Crippen LogP) is 5.32. The maximum absolute atomic E-state index is 14.4. The highest BCUT2D eigenvalue weighted by atomic mass is 32.2. The molecule has 1 aromatic heterocycles. The second-order valence-corrected chi connectivity index (χ2v) is 12.6. The summed E-state index contributed by atoms with van der Waals surface area (Å²) >= 11 is 1.31. The van der Waals surface area contributed by atoms with Crippen LogP contribution in [0.4, 0.5) is 21.0 Å². The van der Waals surface area contributed by atoms with E-state index in [1.165, 1.54) is 30.2 Å². The number of aromatic nitrogens is 1. The standard InChI is InChI=1S/C30H28N6O5S2/c1-29(18-31)17-30(43-28(40)34-21-12-8-5-9-13-21)26(38)35(2)25(42-27(39)33-20-10-6-4-7-11-20)24(37)36(30)23(29)19-14-15-22(41-3)32-16-19/h4-16,23,25H,17H2,1-3H3,(H,33,39)(H,34,40)/t23-,25-,29+,30?/m0/s1. The Balaban J connectivity index is 1.55. The van der Waals surface area contributed by atoms with Gasteiger partial charge in [-0.1, -0.05) is 36.4 Å². The second kappa shape index (κ2) is 12.0. The topological polar surface area (TPSA) is 145 Å². The van der Waals surface area contributed by atoms with Gasteiger partial charge in [-0.15, -0.1) is 0 Å². The number of nitriles is 1. The first kappa shape index (κ1) is 29.9. The molecule has 2 fully saturated rings. The Labute approximate surface area is 257 Å². The van der Waals surface area contributed by atoms with Gasteiger partial charge in [0, 0.05) is 37.1 Å². The number of fused-ring (bicyclic) bond motifs is 1. The molecular weight excluding hydrogens is 589 g/mol. The average molecular weight is 617 g/mol. The number of nitrogens with one attached hydrogen (secondary N) is 2. The van der Waals surface area contributed by atoms with E-state index in [4.69, 9.17) is 4.74 Å². The highest BCUT2D eigenvalue weighted by molar-refractivity contribution is 8.16. The van der Waals surface area contributed by atoms with Crippen molar-refractivity contribution in [3.63, 3.8) is 0 Å². The molecule has 0 saturated carbocycles. The third-order valence-corrected chi connectivity index (χ3v) is 9.57. The largest absolute Gasteiger partial charge is 0.481 e. The molecule has 43 heavy (non-hydrogen) atoms. The molecule has 2 aliphatic rings. The Morgan fingerprint density at radius 3 is 2.14 bits per heavy atom. The fourth-order valence-corrected chi connectivity index (χ4v) is 7.68. The summed E-state index contributed by atoms with van der Waals surface area (Å²) in [5, 5.41) is 13.6. The molecule has 1 unspecified atom stereocenters. The summed E-state index contributed by atoms with van der Waals surface area (Å²) < 4.78 is 5.19. The zero-order chi connectivity index (χ0) is 30.8. The van der Waals surface area contributed by atoms with Gasteiger partial charge < -0.3 is 25.2 Å². The molecule has 4 amide bonds. The van der Waals surface area contributed by atoms with Crippen molar-refractivity contribution in [2.75, 3.05) is 24.8 Å². The molecule has 4 atom stereocenters. The van der Waals surface area contributed by atoms with Crippen molar-refractivity contribution in [1.82, 2.24) is 14.8 Å². The number of para-hydroxylation sites is 2. The lowest BCUT2D eigenvalue weighted by atomic mass is 9.80. The van der Waals surface area contributed by atoms with E-state index >= 15 is 0 Å². The number of benzene rings is 2. The quantitative estimate of drug-likeness (QED) is 0.376. The number of likely N-dealkylation sites (N-methyl/N-ethyl adjacent to an activating group) is 1. The van der Waals surface area contributed by atoms with E-state index in [0.717, 1.165) is 0 Å². The van der Waals surface area contributed by atoms with E-state index < -0.39 is 44.0 Å². The zero-order valence-electron chi connectivity index (χ0n) is 23.5. The van der Waals surface area contributed by atoms with E-state index in [9.17, 15) is 24.4 Å². The van der Waals surface area contributed by atoms with Crippen LogP contribution in [0.2, 0.25) is 0 Å². The third kappa shape index (κ3) is 5.63. The molecule has 2 aromatic carbocycles. The Hall–Kier alpha value is -4.54. The fraction of sp³-hybridized carbons (Fsp3) is 0.267. The number of amides is 4. The molecule has 5 rings (SSSR count). The van der Waals surface area contributed by atoms with Gasteiger partial charge in [0.25, 0.3) is 22.3 Å². The van der Waals surface area contributed by atoms with Crippen LogP contribution in [0.1, 0.15) is 24.9 Å². The molecular formula is C30H28N6O5S2. The summed E-state index contributed by atoms with van der Waals surface area (Å²) in [6, 6.07) is 22.1. The summed E-state index contributed by atoms with van der Waals surface area (Å²) in [5.74, 6) is -0.832. The number of hydrogen-bond acceptors (Lipinski definition) is 9. The van der Waals surface area contributed by atoms with Crippen molar-refractivity contribution in [2.24, 2.45) is 5.41 Å². The molecule has 13 heteroatoms. The van der Waals surface area contributed by atoms with Crippen molar-refractivity contribution in [1.29, 1.82) is 5.26 Å². The summed E-state index contributed by atoms with van der Waals surface area (Å²) in [7, 11) is 2.89. The molecule has 3 aromatic rings. The lowest BCUT2D eigenvalue weighted by Crippen LogP contribution is -2.67. The van der Waals surface area contributed by atoms with Gasteiger partial charge in [-0.2, -0.15) is 5.26 Å². The zero-order valence-corrected chi connectivity index (χ0v) is 25.1. The number of carbonyl (C=O) groups excluding carboxylic acids is 4. The van der Waals surface area contributed by atoms with Crippen molar-refractivity contribution in [2.45, 2.75) is 29.6 Å². The van der Waals surface area contributed by atoms with E-state index in [0.29, 0.717) is 46.3 Å². The van der Waals surface area contributed by atoms with E-state index in [-0.39, 0.29) is 6.42 Å². The first-order chi connectivity index (χ1) is 20.6. The average Bonchev–Trinajstić information content (AvgIpc) is 3.28. The SMILES string of the molecule is COc1ccc([C@@H]2N3C(=O)[C@H](SC(=O)Nc4ccccc4)N(C)C(=O)C3(SC(=O)Nc3ccccc3)C[C@]2(C)C#N)cn1. The van der Waals surface area contributed by atoms with Gasteiger partial charge in [0.2, 0.25) is 5.88 Å². The van der Waals surface area contributed by atoms with Crippen LogP contribution in [0.5, 0.6) is 5.88 Å². The highest BCUT2D eigenvalue weighted by Crippen LogP contribution is 2.61. The maximum Gasteiger partial charge on any atom is 0.286 e. The Kier molecular flexibility index (Phi) is 8.34. The van der Waals surface area contributed by atoms with E-state index in [1.54, 1.807) is 79.7 Å².